The van der Waals surface area contributed by atoms with Gasteiger partial charge in [-0.25, -0.2) is 0 Å². The van der Waals surface area contributed by atoms with Crippen LogP contribution in [0.3, 0.4) is 0 Å². The molecule has 548 valence electrons. The molecule has 0 rings (SSSR count). The Kier molecular flexibility index (Phi) is 47.9. The molecule has 0 spiro atoms. The van der Waals surface area contributed by atoms with Gasteiger partial charge in [0.25, 0.3) is 0 Å². The van der Waals surface area contributed by atoms with Crippen LogP contribution >= 0.6 is 0 Å². The van der Waals surface area contributed by atoms with E-state index in [2.05, 4.69) is 65.1 Å². The Bertz CT molecular complexity index is 2320. The smallest absolute Gasteiger partial charge is 0.243 e. The van der Waals surface area contributed by atoms with Gasteiger partial charge in [-0.15, -0.1) is 0 Å². The first-order valence-corrected chi connectivity index (χ1v) is 35.4. The van der Waals surface area contributed by atoms with Crippen LogP contribution in [0.5, 0.6) is 0 Å². The summed E-state index contributed by atoms with van der Waals surface area (Å²) in [7, 11) is 0. The van der Waals surface area contributed by atoms with E-state index >= 15 is 0 Å². The molecule has 0 unspecified atom stereocenters. The number of aliphatic imine (C=N–C) groups is 1. The van der Waals surface area contributed by atoms with Crippen LogP contribution in [0.15, 0.2) is 4.99 Å². The van der Waals surface area contributed by atoms with Crippen LogP contribution in [0.25, 0.3) is 0 Å². The van der Waals surface area contributed by atoms with Gasteiger partial charge in [0.15, 0.2) is 5.96 Å². The number of nitrogens with one attached hydrogen (secondary N) is 10. The summed E-state index contributed by atoms with van der Waals surface area (Å²) in [6.45, 7) is 21.2. The summed E-state index contributed by atoms with van der Waals surface area (Å²) in [6, 6.07) is -10.7. The lowest BCUT2D eigenvalue weighted by Gasteiger charge is -2.30. The molecule has 0 aromatic heterocycles. The zero-order chi connectivity index (χ0) is 72.0. The van der Waals surface area contributed by atoms with Gasteiger partial charge in [-0.3, -0.25) is 57.7 Å². The molecule has 28 nitrogen and oxygen atoms in total. The van der Waals surface area contributed by atoms with Crippen molar-refractivity contribution < 1.29 is 52.7 Å². The van der Waals surface area contributed by atoms with Gasteiger partial charge in [-0.1, -0.05) is 128 Å². The quantitative estimate of drug-likeness (QED) is 0.0236. The monoisotopic (exact) mass is 1350 g/mol. The fraction of sp³-hybridized carbons (Fsp3) is 0.821. The standard InChI is InChI=1S/C67H129N17O11/c1-12-14-15-16-17-18-19-20-32-55(85)75-41-56(86)76-52(38-43(5)6)63(92)83-53(39-44(7)8)64(93)79-47(28-21-24-33-68)59(88)77-49(30-23-26-35-70)62(91)84-57(46(11)13-2)66(95)80-48(29-22-25-34-69)60(89)78-50(31-27-36-74-67(72)73)61(90)82-54(40-45(9)10)65(94)81-51(58(71)87)37-42(3)4/h42-54,57H,12-41,68-70H2,1-11H3,(H2,71,87)(H,75,85)(H,76,86)(H,77,88)(H,78,89)(H,79,93)(H,80,95)(H,81,94)(H,82,90)(H,83,92)(H,84,91)(H4,72,73,74)/t46-,47-,48-,49-,50-,51-,52-,53-,54-,57-/m0/s1. The third-order valence-corrected chi connectivity index (χ3v) is 16.2. The lowest BCUT2D eigenvalue weighted by molar-refractivity contribution is -0.137. The molecule has 22 N–H and O–H groups in total. The van der Waals surface area contributed by atoms with Crippen LogP contribution < -0.4 is 87.6 Å². The van der Waals surface area contributed by atoms with Crippen molar-refractivity contribution in [1.29, 1.82) is 0 Å². The first kappa shape index (κ1) is 88.3. The van der Waals surface area contributed by atoms with E-state index in [9.17, 15) is 52.7 Å². The minimum absolute atomic E-state index is 0.00193. The Morgan fingerprint density at radius 1 is 0.347 bits per heavy atom. The van der Waals surface area contributed by atoms with E-state index in [1.54, 1.807) is 6.92 Å². The maximum absolute atomic E-state index is 14.7. The summed E-state index contributed by atoms with van der Waals surface area (Å²) >= 11 is 0. The second-order valence-corrected chi connectivity index (χ2v) is 27.1. The van der Waals surface area contributed by atoms with Crippen molar-refractivity contribution in [2.45, 2.75) is 291 Å². The number of unbranched alkanes of at least 4 members (excludes halogenated alkanes) is 10. The average Bonchev–Trinajstić information content (AvgIpc) is 0.902. The normalized spacial score (nSPS) is 14.5. The summed E-state index contributed by atoms with van der Waals surface area (Å²) in [6.07, 6.45) is 13.0. The van der Waals surface area contributed by atoms with Gasteiger partial charge in [-0.2, -0.15) is 0 Å². The maximum atomic E-state index is 14.7. The molecule has 10 atom stereocenters. The number of guanidine groups is 1. The minimum atomic E-state index is -1.29. The molecule has 0 saturated carbocycles. The molecule has 95 heavy (non-hydrogen) atoms. The van der Waals surface area contributed by atoms with Gasteiger partial charge in [0.1, 0.15) is 54.4 Å². The Morgan fingerprint density at radius 3 is 1.04 bits per heavy atom. The lowest BCUT2D eigenvalue weighted by Crippen LogP contribution is -2.61. The first-order valence-electron chi connectivity index (χ1n) is 35.4. The van der Waals surface area contributed by atoms with Crippen LogP contribution in [0.2, 0.25) is 0 Å². The van der Waals surface area contributed by atoms with Crippen molar-refractivity contribution in [3.63, 3.8) is 0 Å². The molecule has 0 aliphatic carbocycles. The molecule has 0 aliphatic rings. The van der Waals surface area contributed by atoms with Crippen LogP contribution in [0.1, 0.15) is 237 Å². The van der Waals surface area contributed by atoms with Gasteiger partial charge in [0.2, 0.25) is 65.0 Å². The molecule has 28 heteroatoms. The number of amides is 11. The average molecular weight is 1350 g/mol. The van der Waals surface area contributed by atoms with Gasteiger partial charge in [0, 0.05) is 13.0 Å². The van der Waals surface area contributed by atoms with Crippen molar-refractivity contribution in [2.75, 3.05) is 32.7 Å². The summed E-state index contributed by atoms with van der Waals surface area (Å²) < 4.78 is 0. The van der Waals surface area contributed by atoms with Crippen LogP contribution in [0.4, 0.5) is 0 Å². The van der Waals surface area contributed by atoms with Gasteiger partial charge in [0.05, 0.1) is 6.54 Å². The van der Waals surface area contributed by atoms with Crippen LogP contribution in [-0.4, -0.2) is 158 Å². The molecule has 0 saturated heterocycles. The molecule has 11 amide bonds. The molecule has 0 radical (unpaired) electrons. The Morgan fingerprint density at radius 2 is 0.674 bits per heavy atom. The van der Waals surface area contributed by atoms with Gasteiger partial charge >= 0.3 is 0 Å². The van der Waals surface area contributed by atoms with Crippen molar-refractivity contribution in [2.24, 2.45) is 69.0 Å². The number of carbonyl (C=O) groups excluding carboxylic acids is 11. The van der Waals surface area contributed by atoms with Crippen LogP contribution in [0, 0.1) is 29.6 Å². The van der Waals surface area contributed by atoms with Crippen molar-refractivity contribution in [3.8, 4) is 0 Å². The fourth-order valence-electron chi connectivity index (χ4n) is 10.7. The third-order valence-electron chi connectivity index (χ3n) is 16.2. The largest absolute Gasteiger partial charge is 0.370 e. The molecule has 0 aliphatic heterocycles. The number of primary amides is 1. The van der Waals surface area contributed by atoms with E-state index in [-0.39, 0.29) is 132 Å². The molecule has 0 fully saturated rings. The van der Waals surface area contributed by atoms with Gasteiger partial charge in [-0.05, 0) is 152 Å². The van der Waals surface area contributed by atoms with Gasteiger partial charge < -0.3 is 87.6 Å². The number of hydrogen-bond acceptors (Lipinski definition) is 15. The Hall–Kier alpha value is -6.68. The first-order chi connectivity index (χ1) is 44.9. The molecule has 0 aromatic rings. The molecule has 0 heterocycles. The lowest BCUT2D eigenvalue weighted by atomic mass is 9.96. The summed E-state index contributed by atoms with van der Waals surface area (Å²) in [5.74, 6) is -8.23. The zero-order valence-corrected chi connectivity index (χ0v) is 59.7. The van der Waals surface area contributed by atoms with E-state index in [1.807, 2.05) is 62.3 Å². The van der Waals surface area contributed by atoms with E-state index < -0.39 is 119 Å². The summed E-state index contributed by atoms with van der Waals surface area (Å²) in [5.41, 5.74) is 34.4. The Labute approximate surface area is 567 Å². The highest BCUT2D eigenvalue weighted by Gasteiger charge is 2.37. The second kappa shape index (κ2) is 51.6. The van der Waals surface area contributed by atoms with Crippen LogP contribution in [-0.2, 0) is 52.7 Å². The third kappa shape index (κ3) is 41.1. The number of nitrogens with two attached hydrogens (primary N) is 6. The highest BCUT2D eigenvalue weighted by Crippen LogP contribution is 2.17. The predicted molar refractivity (Wildman–Crippen MR) is 373 cm³/mol. The number of rotatable bonds is 55. The van der Waals surface area contributed by atoms with E-state index in [0.29, 0.717) is 51.4 Å². The minimum Gasteiger partial charge on any atom is -0.370 e. The number of nitrogens with zero attached hydrogens (tertiary/aromatic N) is 1. The second-order valence-electron chi connectivity index (χ2n) is 27.1. The highest BCUT2D eigenvalue weighted by atomic mass is 16.2. The molecular weight excluding hydrogens is 1220 g/mol. The van der Waals surface area contributed by atoms with Crippen molar-refractivity contribution >= 4 is 70.9 Å². The van der Waals surface area contributed by atoms with E-state index in [0.717, 1.165) is 19.3 Å². The van der Waals surface area contributed by atoms with Crippen molar-refractivity contribution in [3.05, 3.63) is 0 Å². The molecule has 0 bridgehead atoms. The number of hydrogen-bond donors (Lipinski definition) is 16. The SMILES string of the molecule is CCCCCCCCCCC(=O)NCC(=O)N[C@@H](CC(C)C)C(=O)N[C@@H](CC(C)C)C(=O)N[C@@H](CCCCN)C(=O)N[C@@H](CCCCN)C(=O)N[C@H](C(=O)N[C@@H](CCCCN)C(=O)N[C@@H](CCCN=C(N)N)C(=O)N[C@@H](CC(C)C)C(=O)N[C@@H](CC(C)C)C(N)=O)[C@@H](C)CC. The predicted octanol–water partition coefficient (Wildman–Crippen LogP) is 2.15. The Balaban J connectivity index is 6.93. The molecule has 0 aromatic carbocycles. The number of carbonyl (C=O) groups is 11. The summed E-state index contributed by atoms with van der Waals surface area (Å²) in [5, 5.41) is 27.7. The fourth-order valence-corrected chi connectivity index (χ4v) is 10.7. The maximum Gasteiger partial charge on any atom is 0.243 e. The van der Waals surface area contributed by atoms with E-state index in [4.69, 9.17) is 34.4 Å². The summed E-state index contributed by atoms with van der Waals surface area (Å²) in [4.78, 5) is 157. The molecular formula is C67H129N17O11. The zero-order valence-electron chi connectivity index (χ0n) is 59.7. The van der Waals surface area contributed by atoms with E-state index in [1.165, 1.54) is 25.7 Å². The highest BCUT2D eigenvalue weighted by molar-refractivity contribution is 5.99. The topological polar surface area (TPSA) is 477 Å². The van der Waals surface area contributed by atoms with Crippen molar-refractivity contribution in [1.82, 2.24) is 53.2 Å².